The number of thiocarbonyl (C=S) groups is 1. The smallest absolute Gasteiger partial charge is 0.253 e. The summed E-state index contributed by atoms with van der Waals surface area (Å²) in [5.41, 5.74) is 6.89. The van der Waals surface area contributed by atoms with Crippen molar-refractivity contribution in [3.05, 3.63) is 57.8 Å². The van der Waals surface area contributed by atoms with E-state index in [1.165, 1.54) is 0 Å². The van der Waals surface area contributed by atoms with Gasteiger partial charge >= 0.3 is 0 Å². The van der Waals surface area contributed by atoms with E-state index in [0.717, 1.165) is 4.88 Å². The molecule has 0 unspecified atom stereocenters. The molecule has 0 fully saturated rings. The van der Waals surface area contributed by atoms with Crippen LogP contribution in [0.4, 0.5) is 0 Å². The van der Waals surface area contributed by atoms with Crippen LogP contribution in [0.5, 0.6) is 0 Å². The van der Waals surface area contributed by atoms with Crippen molar-refractivity contribution in [3.8, 4) is 0 Å². The summed E-state index contributed by atoms with van der Waals surface area (Å²) in [5, 5.41) is 2.00. The highest BCUT2D eigenvalue weighted by Gasteiger charge is 2.13. The second-order valence-electron chi connectivity index (χ2n) is 4.19. The number of carbonyl (C=O) groups excluding carboxylic acids is 1. The molecule has 3 nitrogen and oxygen atoms in total. The van der Waals surface area contributed by atoms with Crippen LogP contribution in [0.1, 0.15) is 20.8 Å². The largest absolute Gasteiger partial charge is 0.389 e. The zero-order valence-electron chi connectivity index (χ0n) is 10.5. The first kappa shape index (κ1) is 13.7. The summed E-state index contributed by atoms with van der Waals surface area (Å²) in [7, 11) is 1.79. The minimum Gasteiger partial charge on any atom is -0.389 e. The molecule has 0 saturated heterocycles. The molecule has 2 N–H and O–H groups in total. The van der Waals surface area contributed by atoms with Crippen LogP contribution in [0.25, 0.3) is 0 Å². The molecule has 5 heteroatoms. The zero-order chi connectivity index (χ0) is 13.8. The maximum absolute atomic E-state index is 12.3. The zero-order valence-corrected chi connectivity index (χ0v) is 12.1. The number of rotatable bonds is 4. The van der Waals surface area contributed by atoms with Crippen molar-refractivity contribution < 1.29 is 4.79 Å². The van der Waals surface area contributed by atoms with Crippen molar-refractivity contribution in [2.75, 3.05) is 7.05 Å². The number of nitrogens with zero attached hydrogens (tertiary/aromatic N) is 1. The van der Waals surface area contributed by atoms with Gasteiger partial charge in [0.2, 0.25) is 0 Å². The highest BCUT2D eigenvalue weighted by Crippen LogP contribution is 2.14. The molecule has 1 heterocycles. The molecule has 1 aromatic heterocycles. The molecule has 1 aromatic carbocycles. The summed E-state index contributed by atoms with van der Waals surface area (Å²) in [5.74, 6) is -0.0356. The minimum atomic E-state index is -0.0356. The molecule has 0 atom stereocenters. The SMILES string of the molecule is CN(Cc1cccs1)C(=O)c1cccc(C(N)=S)c1. The van der Waals surface area contributed by atoms with Crippen LogP contribution in [-0.2, 0) is 6.54 Å². The molecule has 2 aromatic rings. The first-order chi connectivity index (χ1) is 9.08. The van der Waals surface area contributed by atoms with Crippen LogP contribution in [0.2, 0.25) is 0 Å². The highest BCUT2D eigenvalue weighted by atomic mass is 32.1. The Morgan fingerprint density at radius 2 is 2.05 bits per heavy atom. The molecule has 0 aliphatic rings. The van der Waals surface area contributed by atoms with Gasteiger partial charge < -0.3 is 10.6 Å². The van der Waals surface area contributed by atoms with E-state index in [1.54, 1.807) is 47.5 Å². The van der Waals surface area contributed by atoms with Crippen molar-refractivity contribution >= 4 is 34.5 Å². The Morgan fingerprint density at radius 1 is 1.32 bits per heavy atom. The number of benzene rings is 1. The lowest BCUT2D eigenvalue weighted by Gasteiger charge is -2.16. The van der Waals surface area contributed by atoms with Crippen molar-refractivity contribution in [1.82, 2.24) is 4.90 Å². The van der Waals surface area contributed by atoms with E-state index in [2.05, 4.69) is 0 Å². The Hall–Kier alpha value is -1.72. The summed E-state index contributed by atoms with van der Waals surface area (Å²) in [6, 6.07) is 11.1. The third-order valence-electron chi connectivity index (χ3n) is 2.71. The maximum Gasteiger partial charge on any atom is 0.253 e. The lowest BCUT2D eigenvalue weighted by atomic mass is 10.1. The fourth-order valence-electron chi connectivity index (χ4n) is 1.73. The van der Waals surface area contributed by atoms with Gasteiger partial charge in [0.15, 0.2) is 0 Å². The number of thiophene rings is 1. The molecule has 19 heavy (non-hydrogen) atoms. The summed E-state index contributed by atoms with van der Waals surface area (Å²) >= 11 is 6.56. The van der Waals surface area contributed by atoms with E-state index < -0.39 is 0 Å². The average molecular weight is 290 g/mol. The van der Waals surface area contributed by atoms with Gasteiger partial charge in [-0.3, -0.25) is 4.79 Å². The summed E-state index contributed by atoms with van der Waals surface area (Å²) in [6.07, 6.45) is 0. The van der Waals surface area contributed by atoms with Gasteiger partial charge in [0.25, 0.3) is 5.91 Å². The molecule has 0 saturated carbocycles. The topological polar surface area (TPSA) is 46.3 Å². The Balaban J connectivity index is 2.14. The van der Waals surface area contributed by atoms with Gasteiger partial charge in [0.1, 0.15) is 4.99 Å². The van der Waals surface area contributed by atoms with Crippen molar-refractivity contribution in [1.29, 1.82) is 0 Å². The van der Waals surface area contributed by atoms with Gasteiger partial charge in [0, 0.05) is 23.1 Å². The predicted octanol–water partition coefficient (Wildman–Crippen LogP) is 2.65. The van der Waals surface area contributed by atoms with Crippen LogP contribution in [0.15, 0.2) is 41.8 Å². The summed E-state index contributed by atoms with van der Waals surface area (Å²) in [6.45, 7) is 0.605. The Labute approximate surface area is 121 Å². The highest BCUT2D eigenvalue weighted by molar-refractivity contribution is 7.80. The molecule has 0 radical (unpaired) electrons. The monoisotopic (exact) mass is 290 g/mol. The Morgan fingerprint density at radius 3 is 2.68 bits per heavy atom. The van der Waals surface area contributed by atoms with E-state index in [4.69, 9.17) is 18.0 Å². The molecular formula is C14H14N2OS2. The summed E-state index contributed by atoms with van der Waals surface area (Å²) in [4.78, 5) is 15.4. The van der Waals surface area contributed by atoms with Gasteiger partial charge in [-0.25, -0.2) is 0 Å². The van der Waals surface area contributed by atoms with Crippen LogP contribution in [0, 0.1) is 0 Å². The fourth-order valence-corrected chi connectivity index (χ4v) is 2.62. The van der Waals surface area contributed by atoms with Gasteiger partial charge in [-0.05, 0) is 23.6 Å². The number of nitrogens with two attached hydrogens (primary N) is 1. The van der Waals surface area contributed by atoms with Crippen molar-refractivity contribution in [2.24, 2.45) is 5.73 Å². The van der Waals surface area contributed by atoms with E-state index in [0.29, 0.717) is 22.7 Å². The number of hydrogen-bond acceptors (Lipinski definition) is 3. The lowest BCUT2D eigenvalue weighted by Crippen LogP contribution is -2.26. The molecular weight excluding hydrogens is 276 g/mol. The van der Waals surface area contributed by atoms with E-state index >= 15 is 0 Å². The second kappa shape index (κ2) is 5.95. The predicted molar refractivity (Wildman–Crippen MR) is 82.4 cm³/mol. The standard InChI is InChI=1S/C14H14N2OS2/c1-16(9-12-6-3-7-19-12)14(17)11-5-2-4-10(8-11)13(15)18/h2-8H,9H2,1H3,(H2,15,18). The summed E-state index contributed by atoms with van der Waals surface area (Å²) < 4.78 is 0. The molecule has 0 spiro atoms. The van der Waals surface area contributed by atoms with E-state index in [9.17, 15) is 4.79 Å². The Kier molecular flexibility index (Phi) is 4.29. The van der Waals surface area contributed by atoms with Crippen molar-refractivity contribution in [3.63, 3.8) is 0 Å². The molecule has 1 amide bonds. The number of amides is 1. The molecule has 0 aliphatic carbocycles. The first-order valence-electron chi connectivity index (χ1n) is 5.75. The van der Waals surface area contributed by atoms with E-state index in [1.807, 2.05) is 17.5 Å². The van der Waals surface area contributed by atoms with E-state index in [-0.39, 0.29) is 5.91 Å². The molecule has 0 aliphatic heterocycles. The van der Waals surface area contributed by atoms with Gasteiger partial charge in [-0.1, -0.05) is 30.4 Å². The van der Waals surface area contributed by atoms with Gasteiger partial charge in [-0.2, -0.15) is 0 Å². The third kappa shape index (κ3) is 3.39. The lowest BCUT2D eigenvalue weighted by molar-refractivity contribution is 0.0786. The molecule has 0 bridgehead atoms. The molecule has 2 rings (SSSR count). The minimum absolute atomic E-state index is 0.0356. The third-order valence-corrected chi connectivity index (χ3v) is 3.81. The van der Waals surface area contributed by atoms with Crippen LogP contribution >= 0.6 is 23.6 Å². The van der Waals surface area contributed by atoms with Crippen LogP contribution < -0.4 is 5.73 Å². The van der Waals surface area contributed by atoms with Crippen LogP contribution in [-0.4, -0.2) is 22.8 Å². The normalized spacial score (nSPS) is 10.2. The Bertz CT molecular complexity index is 593. The number of carbonyl (C=O) groups is 1. The maximum atomic E-state index is 12.3. The second-order valence-corrected chi connectivity index (χ2v) is 5.66. The number of hydrogen-bond donors (Lipinski definition) is 1. The van der Waals surface area contributed by atoms with Gasteiger partial charge in [0.05, 0.1) is 6.54 Å². The van der Waals surface area contributed by atoms with Crippen LogP contribution in [0.3, 0.4) is 0 Å². The molecule has 98 valence electrons. The quantitative estimate of drug-likeness (QED) is 0.881. The van der Waals surface area contributed by atoms with Gasteiger partial charge in [-0.15, -0.1) is 11.3 Å². The average Bonchev–Trinajstić information content (AvgIpc) is 2.90. The first-order valence-corrected chi connectivity index (χ1v) is 7.04. The fraction of sp³-hybridized carbons (Fsp3) is 0.143. The van der Waals surface area contributed by atoms with Crippen molar-refractivity contribution in [2.45, 2.75) is 6.54 Å².